The minimum absolute atomic E-state index is 0.0949. The number of carbonyl (C=O) groups is 1. The molecule has 1 aromatic rings. The van der Waals surface area contributed by atoms with Gasteiger partial charge in [0.25, 0.3) is 0 Å². The van der Waals surface area contributed by atoms with Gasteiger partial charge in [-0.25, -0.2) is 9.18 Å². The van der Waals surface area contributed by atoms with Crippen LogP contribution in [0.5, 0.6) is 0 Å². The monoisotopic (exact) mass is 153 g/mol. The molecule has 1 radical (unpaired) electrons. The number of rotatable bonds is 1. The molecule has 1 rings (SSSR count). The second-order valence-electron chi connectivity index (χ2n) is 1.91. The van der Waals surface area contributed by atoms with Gasteiger partial charge in [-0.2, -0.15) is 0 Å². The Labute approximate surface area is 63.6 Å². The Morgan fingerprint density at radius 1 is 1.45 bits per heavy atom. The molecule has 0 unspecified atom stereocenters. The Morgan fingerprint density at radius 3 is 2.64 bits per heavy atom. The van der Waals surface area contributed by atoms with Gasteiger partial charge in [0.1, 0.15) is 12.9 Å². The molecular formula is C8H6FO2. The van der Waals surface area contributed by atoms with Gasteiger partial charge in [0.15, 0.2) is 0 Å². The number of esters is 1. The van der Waals surface area contributed by atoms with Gasteiger partial charge in [0.05, 0.1) is 5.56 Å². The van der Waals surface area contributed by atoms with Crippen LogP contribution < -0.4 is 0 Å². The fraction of sp³-hybridized carbons (Fsp3) is 0. The maximum absolute atomic E-state index is 12.7. The lowest BCUT2D eigenvalue weighted by atomic mass is 10.2. The minimum atomic E-state index is -0.761. The van der Waals surface area contributed by atoms with Crippen molar-refractivity contribution in [2.75, 3.05) is 0 Å². The molecule has 0 atom stereocenters. The average Bonchev–Trinajstić information content (AvgIpc) is 2.04. The van der Waals surface area contributed by atoms with E-state index in [1.54, 1.807) is 6.07 Å². The van der Waals surface area contributed by atoms with Crippen LogP contribution in [0, 0.1) is 12.9 Å². The first kappa shape index (κ1) is 7.72. The smallest absolute Gasteiger partial charge is 0.341 e. The molecule has 0 fully saturated rings. The fourth-order valence-corrected chi connectivity index (χ4v) is 0.705. The molecule has 0 saturated carbocycles. The first-order chi connectivity index (χ1) is 5.25. The van der Waals surface area contributed by atoms with Gasteiger partial charge in [0, 0.05) is 0 Å². The third-order valence-electron chi connectivity index (χ3n) is 1.22. The minimum Gasteiger partial charge on any atom is -0.458 e. The summed E-state index contributed by atoms with van der Waals surface area (Å²) in [7, 11) is 2.89. The van der Waals surface area contributed by atoms with Crippen molar-refractivity contribution in [1.82, 2.24) is 0 Å². The van der Waals surface area contributed by atoms with Crippen LogP contribution in [0.25, 0.3) is 0 Å². The van der Waals surface area contributed by atoms with E-state index in [0.29, 0.717) is 0 Å². The van der Waals surface area contributed by atoms with E-state index in [1.165, 1.54) is 18.2 Å². The summed E-state index contributed by atoms with van der Waals surface area (Å²) >= 11 is 0. The molecule has 57 valence electrons. The van der Waals surface area contributed by atoms with Crippen molar-refractivity contribution in [3.63, 3.8) is 0 Å². The first-order valence-corrected chi connectivity index (χ1v) is 2.96. The highest BCUT2D eigenvalue weighted by molar-refractivity contribution is 5.89. The van der Waals surface area contributed by atoms with Gasteiger partial charge < -0.3 is 4.74 Å². The molecule has 0 spiro atoms. The molecule has 0 bridgehead atoms. The first-order valence-electron chi connectivity index (χ1n) is 2.96. The third-order valence-corrected chi connectivity index (χ3v) is 1.22. The molecule has 0 N–H and O–H groups in total. The molecule has 0 saturated heterocycles. The second kappa shape index (κ2) is 3.14. The number of benzene rings is 1. The largest absolute Gasteiger partial charge is 0.458 e. The van der Waals surface area contributed by atoms with Crippen LogP contribution in [0.4, 0.5) is 4.39 Å². The highest BCUT2D eigenvalue weighted by Gasteiger charge is 2.09. The third kappa shape index (κ3) is 1.55. The van der Waals surface area contributed by atoms with E-state index < -0.39 is 11.8 Å². The quantitative estimate of drug-likeness (QED) is 0.575. The number of hydrogen-bond acceptors (Lipinski definition) is 2. The molecule has 0 aromatic heterocycles. The second-order valence-corrected chi connectivity index (χ2v) is 1.91. The van der Waals surface area contributed by atoms with E-state index in [4.69, 9.17) is 0 Å². The average molecular weight is 153 g/mol. The number of carbonyl (C=O) groups excluding carboxylic acids is 1. The molecule has 0 heterocycles. The summed E-state index contributed by atoms with van der Waals surface area (Å²) in [4.78, 5) is 10.7. The van der Waals surface area contributed by atoms with Gasteiger partial charge in [-0.3, -0.25) is 0 Å². The molecule has 0 amide bonds. The van der Waals surface area contributed by atoms with Gasteiger partial charge in [0.2, 0.25) is 0 Å². The summed E-state index contributed by atoms with van der Waals surface area (Å²) in [5.41, 5.74) is -0.0949. The molecule has 0 aliphatic carbocycles. The van der Waals surface area contributed by atoms with Gasteiger partial charge in [-0.05, 0) is 12.1 Å². The standard InChI is InChI=1S/C8H6FO2/c1-11-8(10)6-4-2-3-5-7(6)9/h2-5H,1H2. The van der Waals surface area contributed by atoms with E-state index in [-0.39, 0.29) is 5.56 Å². The molecule has 1 aromatic carbocycles. The summed E-state index contributed by atoms with van der Waals surface area (Å²) in [5.74, 6) is -1.36. The lowest BCUT2D eigenvalue weighted by molar-refractivity contribution is 0.0649. The normalized spacial score (nSPS) is 9.27. The van der Waals surface area contributed by atoms with Crippen molar-refractivity contribution < 1.29 is 13.9 Å². The van der Waals surface area contributed by atoms with E-state index in [2.05, 4.69) is 11.8 Å². The van der Waals surface area contributed by atoms with Crippen LogP contribution in [-0.2, 0) is 4.74 Å². The van der Waals surface area contributed by atoms with Crippen molar-refractivity contribution >= 4 is 5.97 Å². The predicted molar refractivity (Wildman–Crippen MR) is 37.2 cm³/mol. The van der Waals surface area contributed by atoms with Crippen LogP contribution in [0.1, 0.15) is 10.4 Å². The van der Waals surface area contributed by atoms with Crippen molar-refractivity contribution in [2.45, 2.75) is 0 Å². The Hall–Kier alpha value is -1.38. The van der Waals surface area contributed by atoms with E-state index in [9.17, 15) is 9.18 Å². The Morgan fingerprint density at radius 2 is 2.09 bits per heavy atom. The number of ether oxygens (including phenoxy) is 1. The highest BCUT2D eigenvalue weighted by atomic mass is 19.1. The molecule has 0 aliphatic heterocycles. The molecular weight excluding hydrogens is 147 g/mol. The lowest BCUT2D eigenvalue weighted by Crippen LogP contribution is -2.02. The number of hydrogen-bond donors (Lipinski definition) is 0. The molecule has 11 heavy (non-hydrogen) atoms. The number of halogens is 1. The Balaban J connectivity index is 3.03. The SMILES string of the molecule is [CH2]OC(=O)c1ccccc1F. The zero-order chi connectivity index (χ0) is 8.27. The summed E-state index contributed by atoms with van der Waals surface area (Å²) < 4.78 is 16.8. The van der Waals surface area contributed by atoms with Crippen molar-refractivity contribution in [3.05, 3.63) is 42.8 Å². The van der Waals surface area contributed by atoms with Crippen LogP contribution >= 0.6 is 0 Å². The molecule has 0 aliphatic rings. The fourth-order valence-electron chi connectivity index (χ4n) is 0.705. The van der Waals surface area contributed by atoms with E-state index in [1.807, 2.05) is 0 Å². The van der Waals surface area contributed by atoms with E-state index >= 15 is 0 Å². The van der Waals surface area contributed by atoms with Gasteiger partial charge in [-0.15, -0.1) is 0 Å². The van der Waals surface area contributed by atoms with Crippen molar-refractivity contribution in [3.8, 4) is 0 Å². The molecule has 2 nitrogen and oxygen atoms in total. The Bertz CT molecular complexity index is 271. The topological polar surface area (TPSA) is 26.3 Å². The van der Waals surface area contributed by atoms with Crippen LogP contribution in [0.15, 0.2) is 24.3 Å². The van der Waals surface area contributed by atoms with Crippen LogP contribution in [0.2, 0.25) is 0 Å². The summed E-state index contributed by atoms with van der Waals surface area (Å²) in [6, 6.07) is 5.57. The Kier molecular flexibility index (Phi) is 2.21. The predicted octanol–water partition coefficient (Wildman–Crippen LogP) is 1.77. The van der Waals surface area contributed by atoms with Crippen LogP contribution in [-0.4, -0.2) is 5.97 Å². The summed E-state index contributed by atoms with van der Waals surface area (Å²) in [5, 5.41) is 0. The van der Waals surface area contributed by atoms with E-state index in [0.717, 1.165) is 0 Å². The zero-order valence-corrected chi connectivity index (χ0v) is 5.71. The van der Waals surface area contributed by atoms with Crippen molar-refractivity contribution in [1.29, 1.82) is 0 Å². The maximum atomic E-state index is 12.7. The maximum Gasteiger partial charge on any atom is 0.341 e. The highest BCUT2D eigenvalue weighted by Crippen LogP contribution is 2.06. The van der Waals surface area contributed by atoms with Crippen molar-refractivity contribution in [2.24, 2.45) is 0 Å². The summed E-state index contributed by atoms with van der Waals surface area (Å²) in [6.07, 6.45) is 0. The molecule has 3 heteroatoms. The zero-order valence-electron chi connectivity index (χ0n) is 5.71. The van der Waals surface area contributed by atoms with Gasteiger partial charge >= 0.3 is 5.97 Å². The summed E-state index contributed by atoms with van der Waals surface area (Å²) in [6.45, 7) is 0. The lowest BCUT2D eigenvalue weighted by Gasteiger charge is -1.97. The van der Waals surface area contributed by atoms with Crippen LogP contribution in [0.3, 0.4) is 0 Å². The van der Waals surface area contributed by atoms with Gasteiger partial charge in [-0.1, -0.05) is 12.1 Å².